The fraction of sp³-hybridized carbons (Fsp3) is 0.360. The van der Waals surface area contributed by atoms with Crippen LogP contribution in [0.3, 0.4) is 0 Å². The summed E-state index contributed by atoms with van der Waals surface area (Å²) in [6.45, 7) is 1.88. The molecule has 1 aliphatic rings. The number of benzene rings is 2. The molecule has 2 nitrogen and oxygen atoms in total. The number of thiophene rings is 1. The van der Waals surface area contributed by atoms with Crippen LogP contribution in [0.1, 0.15) is 52.5 Å². The van der Waals surface area contributed by atoms with E-state index in [-0.39, 0.29) is 11.7 Å². The summed E-state index contributed by atoms with van der Waals surface area (Å²) in [4.78, 5) is 0.928. The van der Waals surface area contributed by atoms with E-state index in [9.17, 15) is 17.2 Å². The topological polar surface area (TPSA) is 34.1 Å². The molecule has 0 saturated carbocycles. The minimum absolute atomic E-state index is 0.256. The van der Waals surface area contributed by atoms with Crippen molar-refractivity contribution in [2.45, 2.75) is 54.9 Å². The highest BCUT2D eigenvalue weighted by atomic mass is 35.5. The summed E-state index contributed by atoms with van der Waals surface area (Å²) in [6.07, 6.45) is 3.99. The molecular weight excluding hydrogens is 470 g/mol. The summed E-state index contributed by atoms with van der Waals surface area (Å²) in [7, 11) is -3.64. The van der Waals surface area contributed by atoms with Gasteiger partial charge in [0.1, 0.15) is 15.8 Å². The zero-order chi connectivity index (χ0) is 22.9. The summed E-state index contributed by atoms with van der Waals surface area (Å²) < 4.78 is 55.7. The van der Waals surface area contributed by atoms with Crippen molar-refractivity contribution in [3.05, 3.63) is 86.8 Å². The molecule has 0 N–H and O–H groups in total. The number of aryl methyl sites for hydroxylation is 3. The van der Waals surface area contributed by atoms with Crippen LogP contribution in [0.15, 0.2) is 52.7 Å². The Morgan fingerprint density at radius 2 is 1.84 bits per heavy atom. The quantitative estimate of drug-likeness (QED) is 0.368. The molecule has 1 heterocycles. The molecule has 7 heteroatoms. The first-order valence-corrected chi connectivity index (χ1v) is 13.5. The molecule has 0 aliphatic heterocycles. The van der Waals surface area contributed by atoms with Gasteiger partial charge in [0.2, 0.25) is 0 Å². The second-order valence-electron chi connectivity index (χ2n) is 8.50. The maximum Gasteiger partial charge on any atom is 0.194 e. The van der Waals surface area contributed by atoms with E-state index in [1.165, 1.54) is 29.5 Å². The Labute approximate surface area is 197 Å². The van der Waals surface area contributed by atoms with Crippen molar-refractivity contribution in [1.29, 1.82) is 0 Å². The minimum Gasteiger partial charge on any atom is -0.222 e. The highest BCUT2D eigenvalue weighted by Crippen LogP contribution is 2.41. The second kappa shape index (κ2) is 9.62. The Bertz CT molecular complexity index is 1220. The van der Waals surface area contributed by atoms with Crippen molar-refractivity contribution in [3.8, 4) is 0 Å². The van der Waals surface area contributed by atoms with Crippen LogP contribution in [-0.4, -0.2) is 8.42 Å². The molecule has 170 valence electrons. The first-order valence-electron chi connectivity index (χ1n) is 10.8. The predicted molar refractivity (Wildman–Crippen MR) is 126 cm³/mol. The van der Waals surface area contributed by atoms with Crippen LogP contribution in [0.4, 0.5) is 8.78 Å². The lowest BCUT2D eigenvalue weighted by atomic mass is 9.84. The molecule has 0 amide bonds. The van der Waals surface area contributed by atoms with Crippen molar-refractivity contribution < 1.29 is 17.2 Å². The summed E-state index contributed by atoms with van der Waals surface area (Å²) in [5.74, 6) is -0.467. The van der Waals surface area contributed by atoms with Gasteiger partial charge in [-0.25, -0.2) is 17.2 Å². The molecule has 0 spiro atoms. The molecule has 4 rings (SSSR count). The molecule has 32 heavy (non-hydrogen) atoms. The Kier molecular flexibility index (Phi) is 7.03. The molecule has 0 bridgehead atoms. The molecule has 0 fully saturated rings. The van der Waals surface area contributed by atoms with Crippen molar-refractivity contribution in [3.63, 3.8) is 0 Å². The van der Waals surface area contributed by atoms with Gasteiger partial charge in [-0.1, -0.05) is 23.7 Å². The van der Waals surface area contributed by atoms with Gasteiger partial charge in [-0.3, -0.25) is 0 Å². The van der Waals surface area contributed by atoms with E-state index in [4.69, 9.17) is 11.6 Å². The van der Waals surface area contributed by atoms with Crippen molar-refractivity contribution in [1.82, 2.24) is 0 Å². The van der Waals surface area contributed by atoms with Crippen LogP contribution >= 0.6 is 22.9 Å². The van der Waals surface area contributed by atoms with Crippen LogP contribution < -0.4 is 0 Å². The van der Waals surface area contributed by atoms with Gasteiger partial charge in [0.15, 0.2) is 9.84 Å². The third-order valence-corrected chi connectivity index (χ3v) is 10.2. The van der Waals surface area contributed by atoms with Gasteiger partial charge in [0, 0.05) is 9.90 Å². The van der Waals surface area contributed by atoms with E-state index in [0.717, 1.165) is 23.3 Å². The van der Waals surface area contributed by atoms with E-state index in [1.807, 2.05) is 6.92 Å². The Balaban J connectivity index is 1.60. The van der Waals surface area contributed by atoms with Gasteiger partial charge in [0.25, 0.3) is 0 Å². The number of rotatable bonds is 5. The third kappa shape index (κ3) is 5.08. The van der Waals surface area contributed by atoms with Crippen LogP contribution in [-0.2, 0) is 22.7 Å². The Hall–Kier alpha value is -1.76. The number of hydrogen-bond acceptors (Lipinski definition) is 3. The van der Waals surface area contributed by atoms with Gasteiger partial charge in [-0.15, -0.1) is 11.3 Å². The average molecular weight is 495 g/mol. The maximum absolute atomic E-state index is 14.2. The number of fused-ring (bicyclic) bond motifs is 1. The Morgan fingerprint density at radius 1 is 1.03 bits per heavy atom. The van der Waals surface area contributed by atoms with Crippen LogP contribution in [0.2, 0.25) is 5.02 Å². The third-order valence-electron chi connectivity index (χ3n) is 6.32. The fourth-order valence-electron chi connectivity index (χ4n) is 4.54. The molecule has 1 aliphatic carbocycles. The molecule has 1 aromatic heterocycles. The van der Waals surface area contributed by atoms with E-state index < -0.39 is 20.9 Å². The van der Waals surface area contributed by atoms with E-state index >= 15 is 0 Å². The second-order valence-corrected chi connectivity index (χ2v) is 12.6. The van der Waals surface area contributed by atoms with E-state index in [1.54, 1.807) is 30.3 Å². The lowest BCUT2D eigenvalue weighted by molar-refractivity contribution is 0.392. The van der Waals surface area contributed by atoms with Crippen molar-refractivity contribution in [2.24, 2.45) is 5.92 Å². The minimum atomic E-state index is -3.64. The number of hydrogen-bond donors (Lipinski definition) is 0. The standard InChI is InChI=1S/C25H25ClF2O2S2/c1-16-2-13-25(31-16)32(29,30)24-12-5-17(3-6-18-9-11-21(27)15-22(18)24)4-7-19-8-10-20(26)14-23(19)28/h2,8-11,13-15,17,24H,3-7,12H2,1H3. The van der Waals surface area contributed by atoms with Gasteiger partial charge in [-0.2, -0.15) is 0 Å². The molecule has 0 saturated heterocycles. The van der Waals surface area contributed by atoms with Gasteiger partial charge in [0.05, 0.1) is 5.25 Å². The number of halogens is 3. The zero-order valence-corrected chi connectivity index (χ0v) is 20.2. The molecule has 3 aromatic rings. The summed E-state index contributed by atoms with van der Waals surface area (Å²) >= 11 is 7.11. The highest BCUT2D eigenvalue weighted by Gasteiger charge is 2.34. The van der Waals surface area contributed by atoms with Gasteiger partial charge in [-0.05, 0) is 104 Å². The molecule has 0 radical (unpaired) electrons. The van der Waals surface area contributed by atoms with Crippen LogP contribution in [0.5, 0.6) is 0 Å². The van der Waals surface area contributed by atoms with E-state index in [2.05, 4.69) is 0 Å². The molecule has 2 unspecified atom stereocenters. The molecule has 2 aromatic carbocycles. The first-order chi connectivity index (χ1) is 15.2. The highest BCUT2D eigenvalue weighted by molar-refractivity contribution is 7.93. The lowest BCUT2D eigenvalue weighted by Gasteiger charge is -2.27. The maximum atomic E-state index is 14.2. The van der Waals surface area contributed by atoms with Crippen molar-refractivity contribution >= 4 is 32.8 Å². The van der Waals surface area contributed by atoms with Crippen LogP contribution in [0.25, 0.3) is 0 Å². The largest absolute Gasteiger partial charge is 0.222 e. The molecule has 2 atom stereocenters. The van der Waals surface area contributed by atoms with Gasteiger partial charge < -0.3 is 0 Å². The van der Waals surface area contributed by atoms with E-state index in [0.29, 0.717) is 46.0 Å². The van der Waals surface area contributed by atoms with Gasteiger partial charge >= 0.3 is 0 Å². The first kappa shape index (κ1) is 23.4. The number of sulfone groups is 1. The predicted octanol–water partition coefficient (Wildman–Crippen LogP) is 7.48. The Morgan fingerprint density at radius 3 is 2.56 bits per heavy atom. The lowest BCUT2D eigenvalue weighted by Crippen LogP contribution is -2.20. The monoisotopic (exact) mass is 494 g/mol. The normalized spacial score (nSPS) is 19.2. The summed E-state index contributed by atoms with van der Waals surface area (Å²) in [6, 6.07) is 12.7. The average Bonchev–Trinajstić information content (AvgIpc) is 3.17. The smallest absolute Gasteiger partial charge is 0.194 e. The summed E-state index contributed by atoms with van der Waals surface area (Å²) in [5, 5.41) is -0.403. The fourth-order valence-corrected chi connectivity index (χ4v) is 8.03. The summed E-state index contributed by atoms with van der Waals surface area (Å²) in [5.41, 5.74) is 2.09. The van der Waals surface area contributed by atoms with Crippen LogP contribution in [0, 0.1) is 24.5 Å². The SMILES string of the molecule is Cc1ccc(S(=O)(=O)C2CCC(CCc3ccc(Cl)cc3F)CCc3ccc(F)cc32)s1. The zero-order valence-electron chi connectivity index (χ0n) is 17.8. The molecular formula is C25H25ClF2O2S2. The van der Waals surface area contributed by atoms with Crippen molar-refractivity contribution in [2.75, 3.05) is 0 Å².